The standard InChI is InChI=1S/C23H20BrNO5/c1-28-19-9-7-18(8-10-19)25-13-16-11-20(24)22(21(12-16)29-2)30-14-15-3-5-17(6-4-15)23(26)27/h3-13H,14H2,1-2H3,(H,26,27). The minimum absolute atomic E-state index is 0.234. The quantitative estimate of drug-likeness (QED) is 0.441. The van der Waals surface area contributed by atoms with Gasteiger partial charge in [0, 0.05) is 6.21 Å². The summed E-state index contributed by atoms with van der Waals surface area (Å²) in [6.45, 7) is 0.272. The van der Waals surface area contributed by atoms with E-state index in [9.17, 15) is 4.79 Å². The van der Waals surface area contributed by atoms with Crippen LogP contribution in [0.25, 0.3) is 0 Å². The Kier molecular flexibility index (Phi) is 7.08. The van der Waals surface area contributed by atoms with E-state index in [1.807, 2.05) is 36.4 Å². The lowest BCUT2D eigenvalue weighted by molar-refractivity contribution is 0.0697. The van der Waals surface area contributed by atoms with Crippen LogP contribution in [0.3, 0.4) is 0 Å². The van der Waals surface area contributed by atoms with E-state index in [1.54, 1.807) is 44.7 Å². The summed E-state index contributed by atoms with van der Waals surface area (Å²) in [6.07, 6.45) is 1.74. The van der Waals surface area contributed by atoms with E-state index in [0.29, 0.717) is 11.5 Å². The van der Waals surface area contributed by atoms with Crippen molar-refractivity contribution in [2.75, 3.05) is 14.2 Å². The van der Waals surface area contributed by atoms with Crippen molar-refractivity contribution < 1.29 is 24.1 Å². The number of methoxy groups -OCH3 is 2. The van der Waals surface area contributed by atoms with Crippen molar-refractivity contribution in [2.24, 2.45) is 4.99 Å². The number of aromatic carboxylic acids is 1. The number of nitrogens with zero attached hydrogens (tertiary/aromatic N) is 1. The topological polar surface area (TPSA) is 77.4 Å². The highest BCUT2D eigenvalue weighted by molar-refractivity contribution is 9.10. The summed E-state index contributed by atoms with van der Waals surface area (Å²) < 4.78 is 17.3. The van der Waals surface area contributed by atoms with E-state index >= 15 is 0 Å². The molecule has 3 rings (SSSR count). The van der Waals surface area contributed by atoms with Gasteiger partial charge in [0.1, 0.15) is 12.4 Å². The number of halogens is 1. The van der Waals surface area contributed by atoms with Crippen LogP contribution in [0.5, 0.6) is 17.2 Å². The first-order valence-electron chi connectivity index (χ1n) is 9.01. The van der Waals surface area contributed by atoms with E-state index in [4.69, 9.17) is 19.3 Å². The van der Waals surface area contributed by atoms with Crippen LogP contribution in [0, 0.1) is 0 Å². The average molecular weight is 470 g/mol. The lowest BCUT2D eigenvalue weighted by atomic mass is 10.1. The molecule has 7 heteroatoms. The van der Waals surface area contributed by atoms with Crippen LogP contribution in [0.15, 0.2) is 70.1 Å². The number of carboxylic acid groups (broad SMARTS) is 1. The number of aliphatic imine (C=N–C) groups is 1. The van der Waals surface area contributed by atoms with Gasteiger partial charge in [-0.1, -0.05) is 12.1 Å². The van der Waals surface area contributed by atoms with Gasteiger partial charge in [-0.05, 0) is 75.6 Å². The van der Waals surface area contributed by atoms with Gasteiger partial charge in [0.15, 0.2) is 11.5 Å². The Labute approximate surface area is 182 Å². The third-order valence-corrected chi connectivity index (χ3v) is 4.86. The Bertz CT molecular complexity index is 1050. The molecule has 0 aliphatic heterocycles. The summed E-state index contributed by atoms with van der Waals surface area (Å²) in [4.78, 5) is 15.4. The van der Waals surface area contributed by atoms with E-state index in [2.05, 4.69) is 20.9 Å². The van der Waals surface area contributed by atoms with Crippen molar-refractivity contribution in [2.45, 2.75) is 6.61 Å². The highest BCUT2D eigenvalue weighted by Crippen LogP contribution is 2.37. The van der Waals surface area contributed by atoms with Gasteiger partial charge in [-0.15, -0.1) is 0 Å². The maximum atomic E-state index is 11.0. The molecule has 3 aromatic carbocycles. The fourth-order valence-corrected chi connectivity index (χ4v) is 3.24. The Morgan fingerprint density at radius 3 is 2.33 bits per heavy atom. The molecule has 0 aromatic heterocycles. The molecular weight excluding hydrogens is 450 g/mol. The molecule has 0 bridgehead atoms. The molecule has 1 N–H and O–H groups in total. The van der Waals surface area contributed by atoms with Gasteiger partial charge in [0.25, 0.3) is 0 Å². The number of carboxylic acids is 1. The van der Waals surface area contributed by atoms with Gasteiger partial charge in [0.05, 0.1) is 29.9 Å². The van der Waals surface area contributed by atoms with Crippen molar-refractivity contribution in [1.29, 1.82) is 0 Å². The smallest absolute Gasteiger partial charge is 0.335 e. The lowest BCUT2D eigenvalue weighted by Crippen LogP contribution is -2.01. The maximum absolute atomic E-state index is 11.0. The molecule has 0 fully saturated rings. The number of hydrogen-bond acceptors (Lipinski definition) is 5. The number of carbonyl (C=O) groups is 1. The summed E-state index contributed by atoms with van der Waals surface area (Å²) in [5.74, 6) is 0.931. The van der Waals surface area contributed by atoms with Crippen molar-refractivity contribution in [3.63, 3.8) is 0 Å². The zero-order valence-electron chi connectivity index (χ0n) is 16.5. The van der Waals surface area contributed by atoms with E-state index in [0.717, 1.165) is 27.0 Å². The van der Waals surface area contributed by atoms with Crippen molar-refractivity contribution >= 4 is 33.8 Å². The minimum Gasteiger partial charge on any atom is -0.497 e. The molecule has 0 aliphatic carbocycles. The third kappa shape index (κ3) is 5.39. The summed E-state index contributed by atoms with van der Waals surface area (Å²) in [5.41, 5.74) is 2.72. The Hall–Kier alpha value is -3.32. The van der Waals surface area contributed by atoms with Crippen LogP contribution in [-0.4, -0.2) is 31.5 Å². The SMILES string of the molecule is COc1ccc(N=Cc2cc(Br)c(OCc3ccc(C(=O)O)cc3)c(OC)c2)cc1. The molecule has 0 saturated carbocycles. The molecule has 0 radical (unpaired) electrons. The molecule has 0 unspecified atom stereocenters. The average Bonchev–Trinajstić information content (AvgIpc) is 2.77. The number of hydrogen-bond donors (Lipinski definition) is 1. The molecule has 0 heterocycles. The van der Waals surface area contributed by atoms with Crippen LogP contribution in [0.4, 0.5) is 5.69 Å². The van der Waals surface area contributed by atoms with Gasteiger partial charge >= 0.3 is 5.97 Å². The Morgan fingerprint density at radius 2 is 1.73 bits per heavy atom. The molecular formula is C23H20BrNO5. The second-order valence-corrected chi connectivity index (χ2v) is 7.14. The number of ether oxygens (including phenoxy) is 3. The van der Waals surface area contributed by atoms with Gasteiger partial charge < -0.3 is 19.3 Å². The molecule has 0 atom stereocenters. The largest absolute Gasteiger partial charge is 0.497 e. The molecule has 0 amide bonds. The Morgan fingerprint density at radius 1 is 1.03 bits per heavy atom. The third-order valence-electron chi connectivity index (χ3n) is 4.27. The minimum atomic E-state index is -0.959. The van der Waals surface area contributed by atoms with E-state index in [1.165, 1.54) is 0 Å². The van der Waals surface area contributed by atoms with Gasteiger partial charge in [0.2, 0.25) is 0 Å². The first-order chi connectivity index (χ1) is 14.5. The molecule has 154 valence electrons. The van der Waals surface area contributed by atoms with E-state index in [-0.39, 0.29) is 12.2 Å². The van der Waals surface area contributed by atoms with Crippen molar-refractivity contribution in [1.82, 2.24) is 0 Å². The molecule has 0 saturated heterocycles. The lowest BCUT2D eigenvalue weighted by Gasteiger charge is -2.13. The Balaban J connectivity index is 1.74. The first kappa shape index (κ1) is 21.4. The summed E-state index contributed by atoms with van der Waals surface area (Å²) in [5, 5.41) is 8.98. The first-order valence-corrected chi connectivity index (χ1v) is 9.80. The highest BCUT2D eigenvalue weighted by atomic mass is 79.9. The van der Waals surface area contributed by atoms with Gasteiger partial charge in [-0.25, -0.2) is 4.79 Å². The molecule has 30 heavy (non-hydrogen) atoms. The van der Waals surface area contributed by atoms with Crippen LogP contribution >= 0.6 is 15.9 Å². The fourth-order valence-electron chi connectivity index (χ4n) is 2.67. The predicted octanol–water partition coefficient (Wildman–Crippen LogP) is 5.49. The second-order valence-electron chi connectivity index (χ2n) is 6.28. The zero-order chi connectivity index (χ0) is 21.5. The summed E-state index contributed by atoms with van der Waals surface area (Å²) in [7, 11) is 3.19. The van der Waals surface area contributed by atoms with Crippen LogP contribution < -0.4 is 14.2 Å². The van der Waals surface area contributed by atoms with Crippen LogP contribution in [-0.2, 0) is 6.61 Å². The molecule has 3 aromatic rings. The van der Waals surface area contributed by atoms with Gasteiger partial charge in [-0.3, -0.25) is 4.99 Å². The fraction of sp³-hybridized carbons (Fsp3) is 0.130. The highest BCUT2D eigenvalue weighted by Gasteiger charge is 2.12. The van der Waals surface area contributed by atoms with Crippen molar-refractivity contribution in [3.05, 3.63) is 81.8 Å². The summed E-state index contributed by atoms with van der Waals surface area (Å²) in [6, 6.07) is 17.7. The zero-order valence-corrected chi connectivity index (χ0v) is 18.0. The van der Waals surface area contributed by atoms with Crippen LogP contribution in [0.1, 0.15) is 21.5 Å². The number of rotatable bonds is 8. The van der Waals surface area contributed by atoms with Crippen molar-refractivity contribution in [3.8, 4) is 17.2 Å². The normalized spacial score (nSPS) is 10.8. The number of benzene rings is 3. The summed E-state index contributed by atoms with van der Waals surface area (Å²) >= 11 is 3.53. The second kappa shape index (κ2) is 9.93. The predicted molar refractivity (Wildman–Crippen MR) is 119 cm³/mol. The van der Waals surface area contributed by atoms with Crippen LogP contribution in [0.2, 0.25) is 0 Å². The molecule has 0 spiro atoms. The molecule has 6 nitrogen and oxygen atoms in total. The molecule has 0 aliphatic rings. The van der Waals surface area contributed by atoms with E-state index < -0.39 is 5.97 Å². The monoisotopic (exact) mass is 469 g/mol. The maximum Gasteiger partial charge on any atom is 0.335 e. The van der Waals surface area contributed by atoms with Gasteiger partial charge in [-0.2, -0.15) is 0 Å².